The minimum atomic E-state index is -0.176. The smallest absolute Gasteiger partial charge is 0.267 e. The van der Waals surface area contributed by atoms with Gasteiger partial charge >= 0.3 is 0 Å². The minimum Gasteiger partial charge on any atom is -0.508 e. The Morgan fingerprint density at radius 3 is 2.56 bits per heavy atom. The molecule has 2 aromatic carbocycles. The normalized spacial score (nSPS) is 17.2. The van der Waals surface area contributed by atoms with Gasteiger partial charge in [-0.3, -0.25) is 9.69 Å². The highest BCUT2D eigenvalue weighted by molar-refractivity contribution is 8.18. The van der Waals surface area contributed by atoms with Crippen LogP contribution >= 0.6 is 11.8 Å². The first kappa shape index (κ1) is 21.4. The maximum Gasteiger partial charge on any atom is 0.267 e. The fourth-order valence-corrected chi connectivity index (χ4v) is 3.96. The van der Waals surface area contributed by atoms with Gasteiger partial charge in [-0.1, -0.05) is 48.5 Å². The molecule has 1 aliphatic heterocycles. The summed E-state index contributed by atoms with van der Waals surface area (Å²) in [5, 5.41) is 18.5. The molecule has 160 valence electrons. The number of carbonyl (C=O) groups is 1. The Bertz CT molecular complexity index is 1190. The third-order valence-corrected chi connectivity index (χ3v) is 5.57. The molecule has 0 atom stereocenters. The number of hydrogen-bond acceptors (Lipinski definition) is 6. The fourth-order valence-electron chi connectivity index (χ4n) is 3.02. The molecule has 0 unspecified atom stereocenters. The van der Waals surface area contributed by atoms with Crippen LogP contribution in [0.5, 0.6) is 5.75 Å². The second-order valence-electron chi connectivity index (χ2n) is 7.10. The van der Waals surface area contributed by atoms with Crippen molar-refractivity contribution in [2.75, 3.05) is 0 Å². The van der Waals surface area contributed by atoms with E-state index >= 15 is 0 Å². The molecule has 4 rings (SSSR count). The molecule has 0 spiro atoms. The summed E-state index contributed by atoms with van der Waals surface area (Å²) >= 11 is 1.25. The van der Waals surface area contributed by atoms with Crippen molar-refractivity contribution >= 4 is 41.2 Å². The lowest BCUT2D eigenvalue weighted by Crippen LogP contribution is -2.28. The summed E-state index contributed by atoms with van der Waals surface area (Å²) in [5.41, 5.74) is 2.82. The van der Waals surface area contributed by atoms with Gasteiger partial charge in [0.1, 0.15) is 11.5 Å². The van der Waals surface area contributed by atoms with Gasteiger partial charge in [0.05, 0.1) is 23.9 Å². The van der Waals surface area contributed by atoms with Gasteiger partial charge in [0.2, 0.25) is 0 Å². The van der Waals surface area contributed by atoms with Crippen LogP contribution in [0.2, 0.25) is 0 Å². The van der Waals surface area contributed by atoms with E-state index in [4.69, 9.17) is 4.42 Å². The van der Waals surface area contributed by atoms with Crippen LogP contribution in [0, 0.1) is 0 Å². The molecule has 2 heterocycles. The van der Waals surface area contributed by atoms with Gasteiger partial charge in [-0.25, -0.2) is 0 Å². The van der Waals surface area contributed by atoms with E-state index < -0.39 is 0 Å². The van der Waals surface area contributed by atoms with Crippen LogP contribution in [0.15, 0.2) is 98.1 Å². The Balaban J connectivity index is 1.58. The first-order valence-corrected chi connectivity index (χ1v) is 10.8. The van der Waals surface area contributed by atoms with E-state index in [2.05, 4.69) is 10.2 Å². The van der Waals surface area contributed by atoms with Crippen molar-refractivity contribution in [2.45, 2.75) is 13.5 Å². The average molecular weight is 444 g/mol. The van der Waals surface area contributed by atoms with E-state index in [-0.39, 0.29) is 18.2 Å². The number of rotatable bonds is 6. The number of phenols is 1. The summed E-state index contributed by atoms with van der Waals surface area (Å²) in [5.74, 6) is 0.652. The molecule has 0 saturated carbocycles. The van der Waals surface area contributed by atoms with Gasteiger partial charge in [-0.05, 0) is 65.7 Å². The van der Waals surface area contributed by atoms with E-state index in [0.717, 1.165) is 16.7 Å². The Labute approximate surface area is 190 Å². The lowest BCUT2D eigenvalue weighted by atomic mass is 10.1. The summed E-state index contributed by atoms with van der Waals surface area (Å²) in [6.07, 6.45) is 7.02. The van der Waals surface area contributed by atoms with Crippen LogP contribution in [-0.4, -0.2) is 27.3 Å². The molecule has 1 aromatic heterocycles. The number of furan rings is 1. The van der Waals surface area contributed by atoms with Gasteiger partial charge < -0.3 is 9.52 Å². The SMILES string of the molecule is CC(/C=N/N=C1\S/C(=C\c2ccc(O)cc2)C(=O)N1Cc1ccco1)=C\c1ccccc1. The number of carbonyl (C=O) groups excluding carboxylic acids is 1. The lowest BCUT2D eigenvalue weighted by molar-refractivity contribution is -0.122. The number of amides is 1. The number of amidine groups is 1. The van der Waals surface area contributed by atoms with Gasteiger partial charge in [-0.2, -0.15) is 5.10 Å². The third-order valence-electron chi connectivity index (χ3n) is 4.57. The Kier molecular flexibility index (Phi) is 6.67. The number of thioether (sulfide) groups is 1. The topological polar surface area (TPSA) is 78.4 Å². The molecule has 3 aromatic rings. The second kappa shape index (κ2) is 9.98. The molecule has 1 saturated heterocycles. The van der Waals surface area contributed by atoms with Crippen molar-refractivity contribution in [2.24, 2.45) is 10.2 Å². The maximum absolute atomic E-state index is 13.1. The van der Waals surface area contributed by atoms with Crippen LogP contribution in [0.3, 0.4) is 0 Å². The van der Waals surface area contributed by atoms with Crippen molar-refractivity contribution in [1.82, 2.24) is 4.90 Å². The summed E-state index contributed by atoms with van der Waals surface area (Å²) in [4.78, 5) is 15.1. The molecule has 6 nitrogen and oxygen atoms in total. The van der Waals surface area contributed by atoms with Crippen LogP contribution in [0.4, 0.5) is 0 Å². The summed E-state index contributed by atoms with van der Waals surface area (Å²) in [6, 6.07) is 20.2. The third kappa shape index (κ3) is 5.44. The van der Waals surface area contributed by atoms with Gasteiger partial charge in [0.15, 0.2) is 5.17 Å². The zero-order valence-electron chi connectivity index (χ0n) is 17.4. The van der Waals surface area contributed by atoms with Crippen molar-refractivity contribution in [3.05, 3.63) is 100 Å². The van der Waals surface area contributed by atoms with E-state index in [9.17, 15) is 9.90 Å². The summed E-state index contributed by atoms with van der Waals surface area (Å²) in [6.45, 7) is 2.21. The fraction of sp³-hybridized carbons (Fsp3) is 0.0800. The van der Waals surface area contributed by atoms with Crippen molar-refractivity contribution in [1.29, 1.82) is 0 Å². The molecule has 1 N–H and O–H groups in total. The number of benzene rings is 2. The number of phenolic OH excluding ortho intramolecular Hbond substituents is 1. The van der Waals surface area contributed by atoms with Gasteiger partial charge in [0.25, 0.3) is 5.91 Å². The molecule has 0 bridgehead atoms. The number of nitrogens with zero attached hydrogens (tertiary/aromatic N) is 3. The standard InChI is InChI=1S/C25H21N3O3S/c1-18(14-19-6-3-2-4-7-19)16-26-27-25-28(17-22-8-5-13-31-22)24(30)23(32-25)15-20-9-11-21(29)12-10-20/h2-16,29H,17H2,1H3/b18-14+,23-15-,26-16+,27-25-. The van der Waals surface area contributed by atoms with E-state index in [1.165, 1.54) is 11.8 Å². The Morgan fingerprint density at radius 1 is 1.06 bits per heavy atom. The monoisotopic (exact) mass is 443 g/mol. The Morgan fingerprint density at radius 2 is 1.84 bits per heavy atom. The Hall–Kier alpha value is -3.84. The zero-order chi connectivity index (χ0) is 22.3. The first-order valence-electron chi connectivity index (χ1n) is 9.96. The molecule has 0 radical (unpaired) electrons. The quantitative estimate of drug-likeness (QED) is 0.308. The second-order valence-corrected chi connectivity index (χ2v) is 8.11. The van der Waals surface area contributed by atoms with Gasteiger partial charge in [-0.15, -0.1) is 5.10 Å². The van der Waals surface area contributed by atoms with Crippen LogP contribution < -0.4 is 0 Å². The highest BCUT2D eigenvalue weighted by Gasteiger charge is 2.34. The maximum atomic E-state index is 13.1. The summed E-state index contributed by atoms with van der Waals surface area (Å²) in [7, 11) is 0. The minimum absolute atomic E-state index is 0.174. The molecule has 1 aliphatic rings. The average Bonchev–Trinajstić information content (AvgIpc) is 3.40. The van der Waals surface area contributed by atoms with Crippen LogP contribution in [0.25, 0.3) is 12.2 Å². The first-order chi connectivity index (χ1) is 15.6. The summed E-state index contributed by atoms with van der Waals surface area (Å²) < 4.78 is 5.41. The number of aromatic hydroxyl groups is 1. The number of allylic oxidation sites excluding steroid dienone is 1. The largest absolute Gasteiger partial charge is 0.508 e. The van der Waals surface area contributed by atoms with E-state index in [0.29, 0.717) is 15.8 Å². The van der Waals surface area contributed by atoms with Gasteiger partial charge in [0, 0.05) is 0 Å². The molecule has 1 amide bonds. The molecule has 0 aliphatic carbocycles. The van der Waals surface area contributed by atoms with Crippen molar-refractivity contribution < 1.29 is 14.3 Å². The molecule has 32 heavy (non-hydrogen) atoms. The molecular formula is C25H21N3O3S. The molecule has 1 fully saturated rings. The van der Waals surface area contributed by atoms with Crippen molar-refractivity contribution in [3.63, 3.8) is 0 Å². The van der Waals surface area contributed by atoms with E-state index in [1.807, 2.05) is 49.4 Å². The predicted octanol–water partition coefficient (Wildman–Crippen LogP) is 5.55. The van der Waals surface area contributed by atoms with E-state index in [1.54, 1.807) is 53.8 Å². The van der Waals surface area contributed by atoms with Crippen LogP contribution in [0.1, 0.15) is 23.8 Å². The highest BCUT2D eigenvalue weighted by atomic mass is 32.2. The molecular weight excluding hydrogens is 422 g/mol. The highest BCUT2D eigenvalue weighted by Crippen LogP contribution is 2.34. The number of hydrogen-bond donors (Lipinski definition) is 1. The molecule has 7 heteroatoms. The van der Waals surface area contributed by atoms with Crippen LogP contribution in [-0.2, 0) is 11.3 Å². The van der Waals surface area contributed by atoms with Crippen molar-refractivity contribution in [3.8, 4) is 5.75 Å². The lowest BCUT2D eigenvalue weighted by Gasteiger charge is -2.12. The zero-order valence-corrected chi connectivity index (χ0v) is 18.2. The predicted molar refractivity (Wildman–Crippen MR) is 129 cm³/mol.